The zero-order valence-electron chi connectivity index (χ0n) is 20.5. The van der Waals surface area contributed by atoms with Crippen LogP contribution in [0.25, 0.3) is 0 Å². The maximum absolute atomic E-state index is 13.7. The number of nitrogens with one attached hydrogen (secondary N) is 2. The zero-order valence-corrected chi connectivity index (χ0v) is 20.5. The van der Waals surface area contributed by atoms with Crippen molar-refractivity contribution in [3.05, 3.63) is 89.1 Å². The standard InChI is InChI=1S/C29H28N2O5/c1-17(32)36-21-11-8-18(9-12-21)29-28-24(30-22-6-4-5-7-23(22)31-29)14-20(15-25(28)33)19-10-13-26(34-2)27(16-19)35-3/h4-13,16,20,29-31H,14-15H2,1-3H3/t20-,29-/m0/s1. The van der Waals surface area contributed by atoms with Gasteiger partial charge in [-0.2, -0.15) is 0 Å². The van der Waals surface area contributed by atoms with Gasteiger partial charge in [-0.15, -0.1) is 0 Å². The van der Waals surface area contributed by atoms with Crippen LogP contribution >= 0.6 is 0 Å². The van der Waals surface area contributed by atoms with Crippen LogP contribution in [0.15, 0.2) is 78.0 Å². The summed E-state index contributed by atoms with van der Waals surface area (Å²) < 4.78 is 16.1. The number of Topliss-reactive ketones (excluding diaryl/α,β-unsaturated/α-hetero) is 1. The van der Waals surface area contributed by atoms with E-state index >= 15 is 0 Å². The summed E-state index contributed by atoms with van der Waals surface area (Å²) in [6.07, 6.45) is 1.06. The lowest BCUT2D eigenvalue weighted by molar-refractivity contribution is -0.131. The highest BCUT2D eigenvalue weighted by Crippen LogP contribution is 2.45. The van der Waals surface area contributed by atoms with E-state index in [9.17, 15) is 9.59 Å². The Kier molecular flexibility index (Phi) is 6.38. The van der Waals surface area contributed by atoms with Gasteiger partial charge in [0.1, 0.15) is 5.75 Å². The van der Waals surface area contributed by atoms with E-state index < -0.39 is 0 Å². The number of carbonyl (C=O) groups excluding carboxylic acids is 2. The molecule has 0 spiro atoms. The molecule has 0 radical (unpaired) electrons. The number of carbonyl (C=O) groups is 2. The van der Waals surface area contributed by atoms with Crippen molar-refractivity contribution in [2.45, 2.75) is 31.7 Å². The largest absolute Gasteiger partial charge is 0.493 e. The lowest BCUT2D eigenvalue weighted by atomic mass is 9.78. The fourth-order valence-electron chi connectivity index (χ4n) is 4.98. The number of methoxy groups -OCH3 is 2. The van der Waals surface area contributed by atoms with Crippen molar-refractivity contribution in [1.82, 2.24) is 0 Å². The van der Waals surface area contributed by atoms with Crippen molar-refractivity contribution in [2.24, 2.45) is 0 Å². The van der Waals surface area contributed by atoms with E-state index in [-0.39, 0.29) is 23.7 Å². The summed E-state index contributed by atoms with van der Waals surface area (Å²) in [5.74, 6) is 1.48. The Morgan fingerprint density at radius 1 is 0.861 bits per heavy atom. The van der Waals surface area contributed by atoms with Crippen LogP contribution in [0, 0.1) is 0 Å². The Morgan fingerprint density at radius 3 is 2.25 bits per heavy atom. The topological polar surface area (TPSA) is 85.9 Å². The van der Waals surface area contributed by atoms with Crippen LogP contribution < -0.4 is 24.8 Å². The van der Waals surface area contributed by atoms with Crippen molar-refractivity contribution in [2.75, 3.05) is 24.9 Å². The first-order valence-corrected chi connectivity index (χ1v) is 11.9. The summed E-state index contributed by atoms with van der Waals surface area (Å²) in [6, 6.07) is 20.7. The van der Waals surface area contributed by atoms with E-state index in [1.54, 1.807) is 26.4 Å². The van der Waals surface area contributed by atoms with Crippen molar-refractivity contribution < 1.29 is 23.8 Å². The molecule has 2 aliphatic rings. The molecule has 0 bridgehead atoms. The molecule has 2 atom stereocenters. The molecule has 7 heteroatoms. The number of rotatable bonds is 5. The summed E-state index contributed by atoms with van der Waals surface area (Å²) >= 11 is 0. The van der Waals surface area contributed by atoms with Gasteiger partial charge in [-0.1, -0.05) is 30.3 Å². The molecule has 36 heavy (non-hydrogen) atoms. The van der Waals surface area contributed by atoms with Crippen LogP contribution in [0.2, 0.25) is 0 Å². The summed E-state index contributed by atoms with van der Waals surface area (Å²) in [7, 11) is 3.22. The fraction of sp³-hybridized carbons (Fsp3) is 0.241. The van der Waals surface area contributed by atoms with Crippen molar-refractivity contribution in [3.8, 4) is 17.2 Å². The Hall–Kier alpha value is -4.26. The highest BCUT2D eigenvalue weighted by atomic mass is 16.5. The molecule has 1 aliphatic heterocycles. The van der Waals surface area contributed by atoms with Gasteiger partial charge >= 0.3 is 5.97 Å². The van der Waals surface area contributed by atoms with Crippen LogP contribution in [0.3, 0.4) is 0 Å². The second-order valence-electron chi connectivity index (χ2n) is 8.95. The van der Waals surface area contributed by atoms with Gasteiger partial charge < -0.3 is 24.8 Å². The molecule has 5 rings (SSSR count). The van der Waals surface area contributed by atoms with Crippen LogP contribution in [0.4, 0.5) is 11.4 Å². The Labute approximate surface area is 210 Å². The number of allylic oxidation sites excluding steroid dienone is 1. The van der Waals surface area contributed by atoms with Gasteiger partial charge in [-0.05, 0) is 59.9 Å². The second-order valence-corrected chi connectivity index (χ2v) is 8.95. The van der Waals surface area contributed by atoms with Gasteiger partial charge in [0, 0.05) is 24.6 Å². The van der Waals surface area contributed by atoms with Crippen LogP contribution in [-0.2, 0) is 9.59 Å². The molecule has 1 heterocycles. The maximum atomic E-state index is 13.7. The number of hydrogen-bond donors (Lipinski definition) is 2. The van der Waals surface area contributed by atoms with Crippen molar-refractivity contribution in [3.63, 3.8) is 0 Å². The number of para-hydroxylation sites is 2. The number of benzene rings is 3. The Bertz CT molecular complexity index is 1350. The number of ether oxygens (including phenoxy) is 3. The van der Waals surface area contributed by atoms with Crippen molar-refractivity contribution >= 4 is 23.1 Å². The SMILES string of the molecule is COc1ccc([C@@H]2CC(=O)C3=C(C2)Nc2ccccc2N[C@H]3c2ccc(OC(C)=O)cc2)cc1OC. The predicted octanol–water partition coefficient (Wildman–Crippen LogP) is 5.61. The number of fused-ring (bicyclic) bond motifs is 1. The molecule has 0 amide bonds. The molecular weight excluding hydrogens is 456 g/mol. The molecule has 3 aromatic rings. The number of ketones is 1. The van der Waals surface area contributed by atoms with Crippen LogP contribution in [0.5, 0.6) is 17.2 Å². The zero-order chi connectivity index (χ0) is 25.2. The van der Waals surface area contributed by atoms with Gasteiger partial charge in [-0.25, -0.2) is 0 Å². The summed E-state index contributed by atoms with van der Waals surface area (Å²) in [6.45, 7) is 1.37. The third kappa shape index (κ3) is 4.52. The van der Waals surface area contributed by atoms with Gasteiger partial charge in [0.25, 0.3) is 0 Å². The maximum Gasteiger partial charge on any atom is 0.308 e. The minimum absolute atomic E-state index is 0.000751. The first kappa shape index (κ1) is 23.5. The molecule has 0 unspecified atom stereocenters. The number of hydrogen-bond acceptors (Lipinski definition) is 7. The Balaban J connectivity index is 1.54. The third-order valence-corrected chi connectivity index (χ3v) is 6.66. The molecular formula is C29H28N2O5. The molecule has 3 aromatic carbocycles. The molecule has 0 saturated heterocycles. The average molecular weight is 485 g/mol. The quantitative estimate of drug-likeness (QED) is 0.360. The van der Waals surface area contributed by atoms with E-state index in [1.165, 1.54) is 6.92 Å². The molecule has 0 aromatic heterocycles. The van der Waals surface area contributed by atoms with Gasteiger partial charge in [0.05, 0.1) is 31.6 Å². The van der Waals surface area contributed by atoms with Crippen LogP contribution in [-0.4, -0.2) is 26.0 Å². The Morgan fingerprint density at radius 2 is 1.56 bits per heavy atom. The first-order valence-electron chi connectivity index (χ1n) is 11.9. The molecule has 184 valence electrons. The summed E-state index contributed by atoms with van der Waals surface area (Å²) in [4.78, 5) is 25.1. The normalized spacial score (nSPS) is 18.7. The van der Waals surface area contributed by atoms with E-state index in [2.05, 4.69) is 10.6 Å². The lowest BCUT2D eigenvalue weighted by Gasteiger charge is -2.30. The van der Waals surface area contributed by atoms with Gasteiger partial charge in [-0.3, -0.25) is 9.59 Å². The first-order chi connectivity index (χ1) is 17.5. The van der Waals surface area contributed by atoms with E-state index in [0.29, 0.717) is 30.1 Å². The number of anilines is 2. The third-order valence-electron chi connectivity index (χ3n) is 6.66. The molecule has 0 fully saturated rings. The fourth-order valence-corrected chi connectivity index (χ4v) is 4.98. The molecule has 7 nitrogen and oxygen atoms in total. The number of esters is 1. The van der Waals surface area contributed by atoms with E-state index in [1.807, 2.05) is 54.6 Å². The van der Waals surface area contributed by atoms with Gasteiger partial charge in [0.15, 0.2) is 17.3 Å². The monoisotopic (exact) mass is 484 g/mol. The summed E-state index contributed by atoms with van der Waals surface area (Å²) in [5.41, 5.74) is 5.40. The predicted molar refractivity (Wildman–Crippen MR) is 138 cm³/mol. The lowest BCUT2D eigenvalue weighted by Crippen LogP contribution is -2.26. The molecule has 2 N–H and O–H groups in total. The minimum atomic E-state index is -0.373. The van der Waals surface area contributed by atoms with E-state index in [4.69, 9.17) is 14.2 Å². The van der Waals surface area contributed by atoms with Crippen LogP contribution in [0.1, 0.15) is 42.9 Å². The highest BCUT2D eigenvalue weighted by molar-refractivity contribution is 6.01. The highest BCUT2D eigenvalue weighted by Gasteiger charge is 2.36. The second kappa shape index (κ2) is 9.77. The molecule has 0 saturated carbocycles. The van der Waals surface area contributed by atoms with Crippen molar-refractivity contribution in [1.29, 1.82) is 0 Å². The molecule has 1 aliphatic carbocycles. The van der Waals surface area contributed by atoms with Gasteiger partial charge in [0.2, 0.25) is 0 Å². The summed E-state index contributed by atoms with van der Waals surface area (Å²) in [5, 5.41) is 7.12. The minimum Gasteiger partial charge on any atom is -0.493 e. The smallest absolute Gasteiger partial charge is 0.308 e. The average Bonchev–Trinajstić information content (AvgIpc) is 3.05. The van der Waals surface area contributed by atoms with E-state index in [0.717, 1.165) is 33.8 Å².